The van der Waals surface area contributed by atoms with Crippen LogP contribution in [0.3, 0.4) is 0 Å². The smallest absolute Gasteiger partial charge is 0.309 e. The van der Waals surface area contributed by atoms with Crippen LogP contribution in [0, 0.1) is 0 Å². The van der Waals surface area contributed by atoms with Crippen molar-refractivity contribution in [1.29, 1.82) is 0 Å². The minimum Gasteiger partial charge on any atom is -0.309 e. The van der Waals surface area contributed by atoms with Gasteiger partial charge in [-0.15, -0.1) is 11.3 Å². The van der Waals surface area contributed by atoms with Crippen LogP contribution in [0.4, 0.5) is 13.2 Å². The Morgan fingerprint density at radius 3 is 2.46 bits per heavy atom. The van der Waals surface area contributed by atoms with Gasteiger partial charge in [0.2, 0.25) is 0 Å². The van der Waals surface area contributed by atoms with Gasteiger partial charge in [-0.1, -0.05) is 0 Å². The molecule has 2 heterocycles. The summed E-state index contributed by atoms with van der Waals surface area (Å²) in [5, 5.41) is 3.07. The highest BCUT2D eigenvalue weighted by Gasteiger charge is 2.33. The molecule has 2 rings (SSSR count). The molecule has 72 valence electrons. The fraction of sp³-hybridized carbons (Fsp3) is 0.500. The van der Waals surface area contributed by atoms with Gasteiger partial charge in [-0.05, 0) is 25.1 Å². The normalized spacial score (nSPS) is 22.8. The van der Waals surface area contributed by atoms with E-state index in [4.69, 9.17) is 0 Å². The molecule has 0 radical (unpaired) electrons. The van der Waals surface area contributed by atoms with Crippen LogP contribution in [0.5, 0.6) is 0 Å². The van der Waals surface area contributed by atoms with Crippen LogP contribution in [-0.4, -0.2) is 6.54 Å². The second-order valence-corrected chi connectivity index (χ2v) is 4.11. The van der Waals surface area contributed by atoms with Gasteiger partial charge in [-0.2, -0.15) is 13.2 Å². The van der Waals surface area contributed by atoms with Gasteiger partial charge in [0.05, 0.1) is 0 Å². The third kappa shape index (κ3) is 1.71. The van der Waals surface area contributed by atoms with E-state index in [1.165, 1.54) is 0 Å². The third-order valence-electron chi connectivity index (χ3n) is 2.07. The summed E-state index contributed by atoms with van der Waals surface area (Å²) in [5.74, 6) is 0. The van der Waals surface area contributed by atoms with Crippen molar-refractivity contribution in [2.24, 2.45) is 0 Å². The summed E-state index contributed by atoms with van der Waals surface area (Å²) in [6.45, 7) is 0.907. The molecule has 1 nitrogen and oxygen atoms in total. The van der Waals surface area contributed by atoms with E-state index in [2.05, 4.69) is 5.32 Å². The van der Waals surface area contributed by atoms with E-state index in [0.29, 0.717) is 0 Å². The van der Waals surface area contributed by atoms with Crippen molar-refractivity contribution in [1.82, 2.24) is 5.32 Å². The van der Waals surface area contributed by atoms with Gasteiger partial charge in [0, 0.05) is 10.9 Å². The molecule has 1 aliphatic heterocycles. The zero-order valence-corrected chi connectivity index (χ0v) is 7.50. The number of halogens is 3. The molecule has 0 saturated carbocycles. The van der Waals surface area contributed by atoms with Crippen LogP contribution in [0.15, 0.2) is 12.1 Å². The molecule has 1 atom stereocenters. The molecule has 0 unspecified atom stereocenters. The highest BCUT2D eigenvalue weighted by Crippen LogP contribution is 2.38. The molecule has 1 fully saturated rings. The second kappa shape index (κ2) is 2.99. The molecule has 1 aromatic rings. The van der Waals surface area contributed by atoms with Gasteiger partial charge in [-0.3, -0.25) is 0 Å². The summed E-state index contributed by atoms with van der Waals surface area (Å²) >= 11 is 0.836. The Hall–Kier alpha value is -0.550. The second-order valence-electron chi connectivity index (χ2n) is 3.00. The van der Waals surface area contributed by atoms with Crippen LogP contribution in [0.25, 0.3) is 0 Å². The van der Waals surface area contributed by atoms with E-state index in [1.807, 2.05) is 0 Å². The molecule has 0 aliphatic carbocycles. The van der Waals surface area contributed by atoms with Crippen LogP contribution in [0.2, 0.25) is 0 Å². The molecular weight excluding hydrogens is 199 g/mol. The number of nitrogens with one attached hydrogen (secondary N) is 1. The summed E-state index contributed by atoms with van der Waals surface area (Å²) in [6.07, 6.45) is -3.25. The average molecular weight is 207 g/mol. The maximum Gasteiger partial charge on any atom is 0.425 e. The fourth-order valence-corrected chi connectivity index (χ4v) is 2.21. The van der Waals surface area contributed by atoms with Crippen molar-refractivity contribution in [3.05, 3.63) is 21.9 Å². The lowest BCUT2D eigenvalue weighted by Crippen LogP contribution is -2.34. The van der Waals surface area contributed by atoms with Crippen molar-refractivity contribution in [2.75, 3.05) is 6.54 Å². The van der Waals surface area contributed by atoms with Crippen LogP contribution >= 0.6 is 11.3 Å². The summed E-state index contributed by atoms with van der Waals surface area (Å²) in [7, 11) is 0. The number of alkyl halides is 3. The Bertz CT molecular complexity index is 301. The van der Waals surface area contributed by atoms with E-state index >= 15 is 0 Å². The van der Waals surface area contributed by atoms with Crippen molar-refractivity contribution in [2.45, 2.75) is 18.6 Å². The third-order valence-corrected chi connectivity index (χ3v) is 3.32. The average Bonchev–Trinajstić information content (AvgIpc) is 2.29. The molecule has 5 heteroatoms. The van der Waals surface area contributed by atoms with Crippen molar-refractivity contribution < 1.29 is 13.2 Å². The summed E-state index contributed by atoms with van der Waals surface area (Å²) < 4.78 is 36.5. The van der Waals surface area contributed by atoms with E-state index < -0.39 is 11.1 Å². The minimum atomic E-state index is -4.19. The molecule has 0 aromatic carbocycles. The maximum absolute atomic E-state index is 12.2. The largest absolute Gasteiger partial charge is 0.425 e. The Labute approximate surface area is 77.6 Å². The Morgan fingerprint density at radius 1 is 1.38 bits per heavy atom. The quantitative estimate of drug-likeness (QED) is 0.746. The summed E-state index contributed by atoms with van der Waals surface area (Å²) in [5.41, 5.74) is 0. The molecule has 1 aliphatic rings. The zero-order chi connectivity index (χ0) is 9.47. The molecule has 13 heavy (non-hydrogen) atoms. The summed E-state index contributed by atoms with van der Waals surface area (Å²) in [6, 6.07) is 2.87. The fourth-order valence-electron chi connectivity index (χ4n) is 1.22. The highest BCUT2D eigenvalue weighted by molar-refractivity contribution is 7.12. The molecule has 1 N–H and O–H groups in total. The van der Waals surface area contributed by atoms with Crippen molar-refractivity contribution >= 4 is 11.3 Å². The molecule has 1 saturated heterocycles. The van der Waals surface area contributed by atoms with E-state index in [0.717, 1.165) is 35.2 Å². The molecule has 0 spiro atoms. The summed E-state index contributed by atoms with van der Waals surface area (Å²) in [4.78, 5) is 0.287. The predicted molar refractivity (Wildman–Crippen MR) is 44.7 cm³/mol. The minimum absolute atomic E-state index is 0.154. The van der Waals surface area contributed by atoms with E-state index in [-0.39, 0.29) is 6.04 Å². The van der Waals surface area contributed by atoms with Gasteiger partial charge >= 0.3 is 6.18 Å². The van der Waals surface area contributed by atoms with Gasteiger partial charge < -0.3 is 5.32 Å². The standard InChI is InChI=1S/C8H8F3NS/c9-8(10,11)7-2-1-6(13-7)5-3-4-12-5/h1-2,5,12H,3-4H2/t5-/m0/s1. The molecular formula is C8H8F3NS. The van der Waals surface area contributed by atoms with Crippen molar-refractivity contribution in [3.63, 3.8) is 0 Å². The highest BCUT2D eigenvalue weighted by atomic mass is 32.1. The Kier molecular flexibility index (Phi) is 2.08. The van der Waals surface area contributed by atoms with Crippen LogP contribution in [-0.2, 0) is 6.18 Å². The van der Waals surface area contributed by atoms with Crippen LogP contribution < -0.4 is 5.32 Å². The van der Waals surface area contributed by atoms with E-state index in [1.54, 1.807) is 6.07 Å². The van der Waals surface area contributed by atoms with Gasteiger partial charge in [0.1, 0.15) is 4.88 Å². The topological polar surface area (TPSA) is 12.0 Å². The van der Waals surface area contributed by atoms with E-state index in [9.17, 15) is 13.2 Å². The first kappa shape index (κ1) is 9.02. The SMILES string of the molecule is FC(F)(F)c1ccc([C@@H]2CCN2)s1. The molecule has 1 aromatic heterocycles. The first-order chi connectivity index (χ1) is 6.07. The first-order valence-electron chi connectivity index (χ1n) is 3.98. The zero-order valence-electron chi connectivity index (χ0n) is 6.69. The Morgan fingerprint density at radius 2 is 2.08 bits per heavy atom. The lowest BCUT2D eigenvalue weighted by molar-refractivity contribution is -0.134. The lowest BCUT2D eigenvalue weighted by Gasteiger charge is -2.26. The van der Waals surface area contributed by atoms with Gasteiger partial charge in [-0.25, -0.2) is 0 Å². The van der Waals surface area contributed by atoms with Gasteiger partial charge in [0.25, 0.3) is 0 Å². The van der Waals surface area contributed by atoms with Gasteiger partial charge in [0.15, 0.2) is 0 Å². The predicted octanol–water partition coefficient (Wildman–Crippen LogP) is 2.80. The maximum atomic E-state index is 12.2. The number of rotatable bonds is 1. The monoisotopic (exact) mass is 207 g/mol. The van der Waals surface area contributed by atoms with Crippen molar-refractivity contribution in [3.8, 4) is 0 Å². The number of hydrogen-bond donors (Lipinski definition) is 1. The Balaban J connectivity index is 2.17. The first-order valence-corrected chi connectivity index (χ1v) is 4.79. The van der Waals surface area contributed by atoms with Crippen LogP contribution in [0.1, 0.15) is 22.2 Å². The number of hydrogen-bond acceptors (Lipinski definition) is 2. The number of thiophene rings is 1. The lowest BCUT2D eigenvalue weighted by atomic mass is 10.1. The molecule has 0 amide bonds. The molecule has 0 bridgehead atoms.